The first kappa shape index (κ1) is 11.6. The zero-order valence-electron chi connectivity index (χ0n) is 7.87. The Hall–Kier alpha value is -1.50. The molecule has 0 aliphatic heterocycles. The third kappa shape index (κ3) is 3.28. The molecule has 15 heavy (non-hydrogen) atoms. The van der Waals surface area contributed by atoms with Crippen molar-refractivity contribution in [1.82, 2.24) is 0 Å². The first-order chi connectivity index (χ1) is 7.15. The van der Waals surface area contributed by atoms with Crippen LogP contribution >= 0.6 is 11.6 Å². The van der Waals surface area contributed by atoms with E-state index in [2.05, 4.69) is 5.92 Å². The summed E-state index contributed by atoms with van der Waals surface area (Å²) in [5, 5.41) is 9.07. The van der Waals surface area contributed by atoms with Gasteiger partial charge in [-0.3, -0.25) is 0 Å². The summed E-state index contributed by atoms with van der Waals surface area (Å²) in [7, 11) is 0. The fraction of sp³-hybridized carbons (Fsp3) is 0.182. The summed E-state index contributed by atoms with van der Waals surface area (Å²) >= 11 is 5.86. The minimum absolute atomic E-state index is 0.153. The molecule has 0 bridgehead atoms. The average molecular weight is 225 g/mol. The minimum atomic E-state index is -1.01. The van der Waals surface area contributed by atoms with E-state index in [1.807, 2.05) is 0 Å². The smallest absolute Gasteiger partial charge is 0.335 e. The Morgan fingerprint density at radius 2 is 2.33 bits per heavy atom. The van der Waals surface area contributed by atoms with Gasteiger partial charge in [0.1, 0.15) is 6.61 Å². The Morgan fingerprint density at radius 3 is 2.87 bits per heavy atom. The van der Waals surface area contributed by atoms with E-state index in [1.54, 1.807) is 6.07 Å². The Morgan fingerprint density at radius 1 is 1.60 bits per heavy atom. The van der Waals surface area contributed by atoms with Crippen LogP contribution in [-0.2, 0) is 11.3 Å². The summed E-state index contributed by atoms with van der Waals surface area (Å²) in [5.74, 6) is 1.32. The van der Waals surface area contributed by atoms with E-state index in [9.17, 15) is 4.79 Å². The second-order valence-electron chi connectivity index (χ2n) is 2.81. The van der Waals surface area contributed by atoms with Crippen LogP contribution in [0.25, 0.3) is 0 Å². The van der Waals surface area contributed by atoms with E-state index in [0.717, 1.165) is 5.56 Å². The Bertz CT molecular complexity index is 407. The molecular weight excluding hydrogens is 216 g/mol. The first-order valence-corrected chi connectivity index (χ1v) is 4.56. The topological polar surface area (TPSA) is 46.5 Å². The fourth-order valence-corrected chi connectivity index (χ4v) is 1.25. The molecular formula is C11H9ClO3. The lowest BCUT2D eigenvalue weighted by Gasteiger charge is -2.04. The van der Waals surface area contributed by atoms with Crippen molar-refractivity contribution in [2.45, 2.75) is 6.61 Å². The normalized spacial score (nSPS) is 9.60. The lowest BCUT2D eigenvalue weighted by molar-refractivity contribution is 0.0696. The van der Waals surface area contributed by atoms with E-state index in [0.29, 0.717) is 5.02 Å². The highest BCUT2D eigenvalue weighted by Gasteiger charge is 2.06. The largest absolute Gasteiger partial charge is 0.478 e. The SMILES string of the molecule is C#CCOCc1ccc(C(=O)O)cc1Cl. The predicted molar refractivity (Wildman–Crippen MR) is 56.9 cm³/mol. The van der Waals surface area contributed by atoms with Crippen LogP contribution in [0.3, 0.4) is 0 Å². The van der Waals surface area contributed by atoms with E-state index in [4.69, 9.17) is 27.9 Å². The van der Waals surface area contributed by atoms with Gasteiger partial charge in [0.2, 0.25) is 0 Å². The van der Waals surface area contributed by atoms with E-state index in [-0.39, 0.29) is 18.8 Å². The van der Waals surface area contributed by atoms with Crippen molar-refractivity contribution < 1.29 is 14.6 Å². The second kappa shape index (κ2) is 5.40. The van der Waals surface area contributed by atoms with Gasteiger partial charge >= 0.3 is 5.97 Å². The number of benzene rings is 1. The molecule has 78 valence electrons. The summed E-state index contributed by atoms with van der Waals surface area (Å²) in [5.41, 5.74) is 0.873. The van der Waals surface area contributed by atoms with Crippen LogP contribution in [0.5, 0.6) is 0 Å². The quantitative estimate of drug-likeness (QED) is 0.630. The molecule has 0 heterocycles. The van der Waals surface area contributed by atoms with Gasteiger partial charge in [-0.1, -0.05) is 23.6 Å². The summed E-state index contributed by atoms with van der Waals surface area (Å²) < 4.78 is 5.08. The van der Waals surface area contributed by atoms with Gasteiger partial charge in [0, 0.05) is 5.02 Å². The molecule has 0 saturated heterocycles. The fourth-order valence-electron chi connectivity index (χ4n) is 1.02. The number of terminal acetylenes is 1. The van der Waals surface area contributed by atoms with Crippen molar-refractivity contribution in [2.24, 2.45) is 0 Å². The van der Waals surface area contributed by atoms with Crippen molar-refractivity contribution in [2.75, 3.05) is 6.61 Å². The number of carboxylic acids is 1. The molecule has 0 saturated carbocycles. The number of carbonyl (C=O) groups is 1. The number of hydrogen-bond acceptors (Lipinski definition) is 2. The summed E-state index contributed by atoms with van der Waals surface area (Å²) in [6.45, 7) is 0.486. The maximum absolute atomic E-state index is 10.6. The van der Waals surface area contributed by atoms with Gasteiger partial charge in [0.05, 0.1) is 12.2 Å². The number of carboxylic acid groups (broad SMARTS) is 1. The van der Waals surface area contributed by atoms with Crippen LogP contribution in [0.15, 0.2) is 18.2 Å². The summed E-state index contributed by atoms with van der Waals surface area (Å²) in [6, 6.07) is 4.48. The molecule has 0 aliphatic carbocycles. The van der Waals surface area contributed by atoms with Crippen molar-refractivity contribution in [3.05, 3.63) is 34.3 Å². The Kier molecular flexibility index (Phi) is 4.17. The maximum atomic E-state index is 10.6. The van der Waals surface area contributed by atoms with Gasteiger partial charge in [0.25, 0.3) is 0 Å². The molecule has 1 aromatic rings. The lowest BCUT2D eigenvalue weighted by Crippen LogP contribution is -1.99. The predicted octanol–water partition coefficient (Wildman–Crippen LogP) is 2.19. The van der Waals surface area contributed by atoms with Crippen LogP contribution < -0.4 is 0 Å². The van der Waals surface area contributed by atoms with Gasteiger partial charge < -0.3 is 9.84 Å². The molecule has 3 nitrogen and oxygen atoms in total. The highest BCUT2D eigenvalue weighted by molar-refractivity contribution is 6.31. The van der Waals surface area contributed by atoms with Gasteiger partial charge in [-0.05, 0) is 17.7 Å². The zero-order chi connectivity index (χ0) is 11.3. The third-order valence-corrected chi connectivity index (χ3v) is 2.09. The molecule has 0 spiro atoms. The molecule has 1 aromatic carbocycles. The highest BCUT2D eigenvalue weighted by atomic mass is 35.5. The van der Waals surface area contributed by atoms with Crippen LogP contribution in [-0.4, -0.2) is 17.7 Å². The molecule has 0 atom stereocenters. The van der Waals surface area contributed by atoms with Crippen LogP contribution in [0, 0.1) is 12.3 Å². The van der Waals surface area contributed by atoms with Gasteiger partial charge in [-0.15, -0.1) is 6.42 Å². The molecule has 0 aliphatic rings. The molecule has 0 radical (unpaired) electrons. The molecule has 0 aromatic heterocycles. The third-order valence-electron chi connectivity index (χ3n) is 1.74. The molecule has 1 rings (SSSR count). The Balaban J connectivity index is 2.76. The van der Waals surface area contributed by atoms with Crippen molar-refractivity contribution in [3.8, 4) is 12.3 Å². The molecule has 4 heteroatoms. The van der Waals surface area contributed by atoms with Crippen molar-refractivity contribution in [3.63, 3.8) is 0 Å². The molecule has 1 N–H and O–H groups in total. The summed E-state index contributed by atoms with van der Waals surface area (Å²) in [4.78, 5) is 10.6. The average Bonchev–Trinajstić information content (AvgIpc) is 2.20. The van der Waals surface area contributed by atoms with Gasteiger partial charge in [-0.2, -0.15) is 0 Å². The van der Waals surface area contributed by atoms with Crippen molar-refractivity contribution in [1.29, 1.82) is 0 Å². The number of halogens is 1. The van der Waals surface area contributed by atoms with Crippen LogP contribution in [0.4, 0.5) is 0 Å². The van der Waals surface area contributed by atoms with E-state index < -0.39 is 5.97 Å². The number of ether oxygens (including phenoxy) is 1. The van der Waals surface area contributed by atoms with E-state index >= 15 is 0 Å². The molecule has 0 amide bonds. The first-order valence-electron chi connectivity index (χ1n) is 4.18. The van der Waals surface area contributed by atoms with Gasteiger partial charge in [0.15, 0.2) is 0 Å². The van der Waals surface area contributed by atoms with E-state index in [1.165, 1.54) is 12.1 Å². The summed E-state index contributed by atoms with van der Waals surface area (Å²) in [6.07, 6.45) is 5.01. The number of hydrogen-bond donors (Lipinski definition) is 1. The van der Waals surface area contributed by atoms with Crippen LogP contribution in [0.2, 0.25) is 5.02 Å². The van der Waals surface area contributed by atoms with Crippen LogP contribution in [0.1, 0.15) is 15.9 Å². The van der Waals surface area contributed by atoms with Gasteiger partial charge in [-0.25, -0.2) is 4.79 Å². The standard InChI is InChI=1S/C11H9ClO3/c1-2-5-15-7-9-4-3-8(11(13)14)6-10(9)12/h1,3-4,6H,5,7H2,(H,13,14). The number of rotatable bonds is 4. The van der Waals surface area contributed by atoms with Crippen molar-refractivity contribution >= 4 is 17.6 Å². The maximum Gasteiger partial charge on any atom is 0.335 e. The highest BCUT2D eigenvalue weighted by Crippen LogP contribution is 2.18. The molecule has 0 fully saturated rings. The molecule has 0 unspecified atom stereocenters. The monoisotopic (exact) mass is 224 g/mol. The number of aromatic carboxylic acids is 1. The minimum Gasteiger partial charge on any atom is -0.478 e. The Labute approximate surface area is 92.6 Å². The second-order valence-corrected chi connectivity index (χ2v) is 3.22. The zero-order valence-corrected chi connectivity index (χ0v) is 8.62. The lowest BCUT2D eigenvalue weighted by atomic mass is 10.1.